The van der Waals surface area contributed by atoms with E-state index in [0.717, 1.165) is 5.56 Å². The standard InChI is InChI=1S/C22H26N4O4S/c1-2-12(22(29)30)11-14-9-10-31-21(14)26-20(28)17-8-7-16(17)19(27)25-15-5-3-13(4-6-15)18(23)24/h3-6,9-10,12,16-17H,2,7-8,11H2,1H3,(H3,23,24)(H,25,27)(H,26,28)(H,29,30). The lowest BCUT2D eigenvalue weighted by Crippen LogP contribution is -2.43. The number of rotatable bonds is 9. The molecule has 1 aromatic carbocycles. The van der Waals surface area contributed by atoms with E-state index in [1.165, 1.54) is 11.3 Å². The summed E-state index contributed by atoms with van der Waals surface area (Å²) in [5.74, 6) is -2.67. The van der Waals surface area contributed by atoms with E-state index in [0.29, 0.717) is 41.9 Å². The van der Waals surface area contributed by atoms with Crippen molar-refractivity contribution in [2.75, 3.05) is 10.6 Å². The van der Waals surface area contributed by atoms with Crippen molar-refractivity contribution in [1.29, 1.82) is 5.41 Å². The maximum Gasteiger partial charge on any atom is 0.306 e. The van der Waals surface area contributed by atoms with Crippen LogP contribution in [0.25, 0.3) is 0 Å². The number of nitrogens with two attached hydrogens (primary N) is 1. The molecule has 1 aliphatic rings. The van der Waals surface area contributed by atoms with E-state index in [1.54, 1.807) is 24.3 Å². The fourth-order valence-electron chi connectivity index (χ4n) is 3.58. The number of carbonyl (C=O) groups excluding carboxylic acids is 2. The fraction of sp³-hybridized carbons (Fsp3) is 0.364. The molecule has 9 heteroatoms. The number of benzene rings is 1. The zero-order valence-corrected chi connectivity index (χ0v) is 18.0. The van der Waals surface area contributed by atoms with Crippen molar-refractivity contribution in [2.45, 2.75) is 32.6 Å². The van der Waals surface area contributed by atoms with E-state index < -0.39 is 23.7 Å². The van der Waals surface area contributed by atoms with Crippen LogP contribution in [0.3, 0.4) is 0 Å². The molecule has 1 aromatic heterocycles. The number of aliphatic carboxylic acids is 1. The number of carboxylic acid groups (broad SMARTS) is 1. The Kier molecular flexibility index (Phi) is 7.06. The Morgan fingerprint density at radius 3 is 2.26 bits per heavy atom. The molecule has 3 unspecified atom stereocenters. The van der Waals surface area contributed by atoms with Crippen molar-refractivity contribution in [1.82, 2.24) is 0 Å². The molecule has 3 atom stereocenters. The Labute approximate surface area is 184 Å². The van der Waals surface area contributed by atoms with Crippen LogP contribution in [0.1, 0.15) is 37.3 Å². The summed E-state index contributed by atoms with van der Waals surface area (Å²) < 4.78 is 0. The molecular weight excluding hydrogens is 416 g/mol. The van der Waals surface area contributed by atoms with Gasteiger partial charge in [0.2, 0.25) is 11.8 Å². The van der Waals surface area contributed by atoms with Gasteiger partial charge >= 0.3 is 5.97 Å². The third-order valence-electron chi connectivity index (χ3n) is 5.70. The molecule has 0 radical (unpaired) electrons. The van der Waals surface area contributed by atoms with Crippen molar-refractivity contribution >= 4 is 45.6 Å². The SMILES string of the molecule is CCC(Cc1ccsc1NC(=O)C1CCC1C(=O)Nc1ccc(C(=N)N)cc1)C(=O)O. The highest BCUT2D eigenvalue weighted by Crippen LogP contribution is 2.37. The van der Waals surface area contributed by atoms with Crippen LogP contribution in [0.5, 0.6) is 0 Å². The Balaban J connectivity index is 1.59. The summed E-state index contributed by atoms with van der Waals surface area (Å²) in [5.41, 5.74) is 7.39. The summed E-state index contributed by atoms with van der Waals surface area (Å²) in [5, 5.41) is 24.9. The average Bonchev–Trinajstić information content (AvgIpc) is 3.11. The topological polar surface area (TPSA) is 145 Å². The predicted molar refractivity (Wildman–Crippen MR) is 120 cm³/mol. The summed E-state index contributed by atoms with van der Waals surface area (Å²) in [6.45, 7) is 1.83. The van der Waals surface area contributed by atoms with Crippen molar-refractivity contribution in [2.24, 2.45) is 23.5 Å². The third kappa shape index (κ3) is 5.29. The number of amidine groups is 1. The van der Waals surface area contributed by atoms with Gasteiger partial charge in [0, 0.05) is 23.1 Å². The molecule has 31 heavy (non-hydrogen) atoms. The van der Waals surface area contributed by atoms with Gasteiger partial charge in [0.05, 0.1) is 10.9 Å². The number of carbonyl (C=O) groups is 3. The molecular formula is C22H26N4O4S. The zero-order chi connectivity index (χ0) is 22.5. The third-order valence-corrected chi connectivity index (χ3v) is 6.58. The largest absolute Gasteiger partial charge is 0.481 e. The lowest BCUT2D eigenvalue weighted by molar-refractivity contribution is -0.141. The average molecular weight is 443 g/mol. The normalized spacial score (nSPS) is 18.5. The summed E-state index contributed by atoms with van der Waals surface area (Å²) in [7, 11) is 0. The van der Waals surface area contributed by atoms with Gasteiger partial charge in [0.15, 0.2) is 0 Å². The first kappa shape index (κ1) is 22.5. The van der Waals surface area contributed by atoms with Crippen molar-refractivity contribution in [3.63, 3.8) is 0 Å². The number of hydrogen-bond acceptors (Lipinski definition) is 5. The summed E-state index contributed by atoms with van der Waals surface area (Å²) in [6, 6.07) is 8.49. The van der Waals surface area contributed by atoms with E-state index in [1.807, 2.05) is 18.4 Å². The monoisotopic (exact) mass is 442 g/mol. The first-order valence-corrected chi connectivity index (χ1v) is 11.0. The second kappa shape index (κ2) is 9.74. The second-order valence-corrected chi connectivity index (χ2v) is 8.60. The molecule has 0 aliphatic heterocycles. The van der Waals surface area contributed by atoms with Gasteiger partial charge in [0.1, 0.15) is 5.84 Å². The molecule has 1 aliphatic carbocycles. The van der Waals surface area contributed by atoms with Gasteiger partial charge in [-0.15, -0.1) is 11.3 Å². The molecule has 0 spiro atoms. The van der Waals surface area contributed by atoms with E-state index in [4.69, 9.17) is 11.1 Å². The summed E-state index contributed by atoms with van der Waals surface area (Å²) >= 11 is 1.36. The van der Waals surface area contributed by atoms with E-state index in [2.05, 4.69) is 10.6 Å². The predicted octanol–water partition coefficient (Wildman–Crippen LogP) is 3.29. The van der Waals surface area contributed by atoms with E-state index in [-0.39, 0.29) is 17.6 Å². The Bertz CT molecular complexity index is 986. The van der Waals surface area contributed by atoms with Crippen LogP contribution in [0.2, 0.25) is 0 Å². The number of nitrogens with one attached hydrogen (secondary N) is 3. The molecule has 3 rings (SSSR count). The molecule has 1 saturated carbocycles. The molecule has 6 N–H and O–H groups in total. The van der Waals surface area contributed by atoms with Crippen LogP contribution >= 0.6 is 11.3 Å². The smallest absolute Gasteiger partial charge is 0.306 e. The van der Waals surface area contributed by atoms with Gasteiger partial charge in [-0.1, -0.05) is 6.92 Å². The van der Waals surface area contributed by atoms with Gasteiger partial charge < -0.3 is 21.5 Å². The molecule has 2 aromatic rings. The van der Waals surface area contributed by atoms with Crippen LogP contribution in [-0.2, 0) is 20.8 Å². The Morgan fingerprint density at radius 1 is 1.13 bits per heavy atom. The molecule has 0 saturated heterocycles. The number of carboxylic acids is 1. The maximum atomic E-state index is 12.8. The minimum Gasteiger partial charge on any atom is -0.481 e. The summed E-state index contributed by atoms with van der Waals surface area (Å²) in [4.78, 5) is 36.7. The second-order valence-electron chi connectivity index (χ2n) is 7.68. The van der Waals surface area contributed by atoms with Crippen molar-refractivity contribution in [3.05, 3.63) is 46.8 Å². The molecule has 164 valence electrons. The summed E-state index contributed by atoms with van der Waals surface area (Å²) in [6.07, 6.45) is 2.12. The highest BCUT2D eigenvalue weighted by atomic mass is 32.1. The van der Waals surface area contributed by atoms with Gasteiger partial charge in [-0.3, -0.25) is 19.8 Å². The van der Waals surface area contributed by atoms with Crippen molar-refractivity contribution < 1.29 is 19.5 Å². The van der Waals surface area contributed by atoms with Gasteiger partial charge in [-0.2, -0.15) is 0 Å². The van der Waals surface area contributed by atoms with Crippen LogP contribution in [0.15, 0.2) is 35.7 Å². The highest BCUT2D eigenvalue weighted by molar-refractivity contribution is 7.14. The number of nitrogen functional groups attached to an aromatic ring is 1. The zero-order valence-electron chi connectivity index (χ0n) is 17.2. The number of thiophene rings is 1. The fourth-order valence-corrected chi connectivity index (χ4v) is 4.41. The van der Waals surface area contributed by atoms with E-state index >= 15 is 0 Å². The van der Waals surface area contributed by atoms with Crippen LogP contribution in [0.4, 0.5) is 10.7 Å². The molecule has 1 fully saturated rings. The minimum absolute atomic E-state index is 0.0461. The number of anilines is 2. The van der Waals surface area contributed by atoms with Gasteiger partial charge in [-0.05, 0) is 67.0 Å². The number of hydrogen-bond donors (Lipinski definition) is 5. The van der Waals surface area contributed by atoms with Gasteiger partial charge in [0.25, 0.3) is 0 Å². The first-order valence-electron chi connectivity index (χ1n) is 10.2. The molecule has 1 heterocycles. The quantitative estimate of drug-likeness (QED) is 0.299. The molecule has 0 bridgehead atoms. The van der Waals surface area contributed by atoms with Crippen LogP contribution in [0, 0.1) is 23.2 Å². The van der Waals surface area contributed by atoms with Crippen molar-refractivity contribution in [3.8, 4) is 0 Å². The Hall–Kier alpha value is -3.20. The molecule has 8 nitrogen and oxygen atoms in total. The highest BCUT2D eigenvalue weighted by Gasteiger charge is 2.41. The Morgan fingerprint density at radius 2 is 1.74 bits per heavy atom. The van der Waals surface area contributed by atoms with Crippen LogP contribution < -0.4 is 16.4 Å². The maximum absolute atomic E-state index is 12.8. The lowest BCUT2D eigenvalue weighted by Gasteiger charge is -2.34. The molecule has 2 amide bonds. The first-order chi connectivity index (χ1) is 14.8. The van der Waals surface area contributed by atoms with E-state index in [9.17, 15) is 19.5 Å². The lowest BCUT2D eigenvalue weighted by atomic mass is 9.72. The van der Waals surface area contributed by atoms with Crippen LogP contribution in [-0.4, -0.2) is 28.7 Å². The minimum atomic E-state index is -0.849. The van der Waals surface area contributed by atoms with Gasteiger partial charge in [-0.25, -0.2) is 0 Å². The number of amides is 2.